The van der Waals surface area contributed by atoms with Crippen LogP contribution in [0.3, 0.4) is 0 Å². The van der Waals surface area contributed by atoms with Crippen molar-refractivity contribution in [2.45, 2.75) is 46.5 Å². The maximum atomic E-state index is 12.6. The van der Waals surface area contributed by atoms with Gasteiger partial charge in [0.1, 0.15) is 17.6 Å². The van der Waals surface area contributed by atoms with Crippen LogP contribution in [0.2, 0.25) is 0 Å². The molecule has 1 aliphatic heterocycles. The molecule has 1 N–H and O–H groups in total. The van der Waals surface area contributed by atoms with Gasteiger partial charge < -0.3 is 24.3 Å². The van der Waals surface area contributed by atoms with E-state index < -0.39 is 6.61 Å². The van der Waals surface area contributed by atoms with Gasteiger partial charge in [0, 0.05) is 29.7 Å². The Bertz CT molecular complexity index is 903. The van der Waals surface area contributed by atoms with Crippen LogP contribution in [0.15, 0.2) is 30.3 Å². The van der Waals surface area contributed by atoms with Gasteiger partial charge in [-0.3, -0.25) is 4.79 Å². The number of halogens is 2. The first-order valence-corrected chi connectivity index (χ1v) is 9.86. The zero-order valence-corrected chi connectivity index (χ0v) is 17.2. The van der Waals surface area contributed by atoms with Crippen LogP contribution in [0.4, 0.5) is 8.78 Å². The fourth-order valence-corrected chi connectivity index (χ4v) is 3.30. The highest BCUT2D eigenvalue weighted by Gasteiger charge is 2.22. The topological polar surface area (TPSA) is 66.0 Å². The molecule has 8 heteroatoms. The lowest BCUT2D eigenvalue weighted by molar-refractivity contribution is -0.0514. The molecule has 1 amide bonds. The van der Waals surface area contributed by atoms with Crippen molar-refractivity contribution in [1.82, 2.24) is 5.32 Å². The quantitative estimate of drug-likeness (QED) is 0.653. The second-order valence-corrected chi connectivity index (χ2v) is 6.79. The number of rotatable bonds is 9. The van der Waals surface area contributed by atoms with E-state index in [-0.39, 0.29) is 42.2 Å². The van der Waals surface area contributed by atoms with Crippen LogP contribution >= 0.6 is 0 Å². The predicted molar refractivity (Wildman–Crippen MR) is 107 cm³/mol. The van der Waals surface area contributed by atoms with Crippen LogP contribution in [-0.2, 0) is 13.0 Å². The number of hydrogen-bond acceptors (Lipinski definition) is 5. The smallest absolute Gasteiger partial charge is 0.387 e. The Morgan fingerprint density at radius 1 is 1.13 bits per heavy atom. The van der Waals surface area contributed by atoms with E-state index in [1.807, 2.05) is 26.0 Å². The van der Waals surface area contributed by atoms with Crippen LogP contribution in [0.1, 0.15) is 42.3 Å². The standard InChI is InChI=1S/C22H25F2NO5/c1-4-27-18-10-15-8-13(3)29-19(15)11-16(18)12-25-21(26)14-6-7-17(30-22(23)24)20(9-14)28-5-2/h6-7,9-11,13,22H,4-5,8,12H2,1-3H3,(H,25,26)/t13-/m0/s1. The van der Waals surface area contributed by atoms with E-state index in [4.69, 9.17) is 14.2 Å². The van der Waals surface area contributed by atoms with Crippen molar-refractivity contribution in [2.24, 2.45) is 0 Å². The summed E-state index contributed by atoms with van der Waals surface area (Å²) in [6, 6.07) is 7.92. The second kappa shape index (κ2) is 9.65. The first-order valence-electron chi connectivity index (χ1n) is 9.86. The van der Waals surface area contributed by atoms with Gasteiger partial charge in [0.15, 0.2) is 11.5 Å². The van der Waals surface area contributed by atoms with E-state index in [9.17, 15) is 13.6 Å². The fraction of sp³-hybridized carbons (Fsp3) is 0.409. The summed E-state index contributed by atoms with van der Waals surface area (Å²) < 4.78 is 46.4. The maximum absolute atomic E-state index is 12.6. The summed E-state index contributed by atoms with van der Waals surface area (Å²) in [5.74, 6) is 1.08. The second-order valence-electron chi connectivity index (χ2n) is 6.79. The minimum atomic E-state index is -2.98. The van der Waals surface area contributed by atoms with Crippen molar-refractivity contribution >= 4 is 5.91 Å². The van der Waals surface area contributed by atoms with Crippen molar-refractivity contribution in [3.63, 3.8) is 0 Å². The van der Waals surface area contributed by atoms with E-state index in [2.05, 4.69) is 10.1 Å². The molecule has 0 bridgehead atoms. The lowest BCUT2D eigenvalue weighted by Crippen LogP contribution is -2.23. The molecule has 2 aromatic carbocycles. The molecule has 2 aromatic rings. The highest BCUT2D eigenvalue weighted by Crippen LogP contribution is 2.35. The SMILES string of the molecule is CCOc1cc2c(cc1CNC(=O)c1ccc(OC(F)F)c(OCC)c1)O[C@@H](C)C2. The summed E-state index contributed by atoms with van der Waals surface area (Å²) in [4.78, 5) is 12.6. The summed E-state index contributed by atoms with van der Waals surface area (Å²) in [7, 11) is 0. The lowest BCUT2D eigenvalue weighted by Gasteiger charge is -2.15. The fourth-order valence-electron chi connectivity index (χ4n) is 3.30. The van der Waals surface area contributed by atoms with Gasteiger partial charge in [-0.25, -0.2) is 0 Å². The summed E-state index contributed by atoms with van der Waals surface area (Å²) in [5, 5.41) is 2.83. The number of fused-ring (bicyclic) bond motifs is 1. The molecule has 162 valence electrons. The van der Waals surface area contributed by atoms with Gasteiger partial charge in [-0.05, 0) is 51.1 Å². The normalized spacial score (nSPS) is 14.8. The van der Waals surface area contributed by atoms with Crippen LogP contribution in [0, 0.1) is 0 Å². The van der Waals surface area contributed by atoms with Gasteiger partial charge in [0.05, 0.1) is 13.2 Å². The van der Waals surface area contributed by atoms with Gasteiger partial charge in [-0.15, -0.1) is 0 Å². The van der Waals surface area contributed by atoms with Gasteiger partial charge >= 0.3 is 6.61 Å². The van der Waals surface area contributed by atoms with Crippen LogP contribution in [0.25, 0.3) is 0 Å². The van der Waals surface area contributed by atoms with Crippen molar-refractivity contribution in [3.8, 4) is 23.0 Å². The van der Waals surface area contributed by atoms with Crippen molar-refractivity contribution < 1.29 is 32.5 Å². The number of ether oxygens (including phenoxy) is 4. The lowest BCUT2D eigenvalue weighted by atomic mass is 10.1. The molecule has 0 saturated heterocycles. The van der Waals surface area contributed by atoms with E-state index in [0.29, 0.717) is 12.4 Å². The molecule has 1 aliphatic rings. The third-order valence-electron chi connectivity index (χ3n) is 4.54. The molecular formula is C22H25F2NO5. The summed E-state index contributed by atoms with van der Waals surface area (Å²) >= 11 is 0. The average molecular weight is 421 g/mol. The van der Waals surface area contributed by atoms with Crippen molar-refractivity contribution in [3.05, 3.63) is 47.0 Å². The van der Waals surface area contributed by atoms with Gasteiger partial charge in [-0.1, -0.05) is 0 Å². The zero-order chi connectivity index (χ0) is 21.7. The van der Waals surface area contributed by atoms with Crippen LogP contribution in [0.5, 0.6) is 23.0 Å². The molecule has 0 fully saturated rings. The largest absolute Gasteiger partial charge is 0.494 e. The minimum absolute atomic E-state index is 0.0837. The van der Waals surface area contributed by atoms with Crippen LogP contribution in [-0.4, -0.2) is 31.8 Å². The van der Waals surface area contributed by atoms with Crippen molar-refractivity contribution in [2.75, 3.05) is 13.2 Å². The average Bonchev–Trinajstić information content (AvgIpc) is 3.06. The number of carbonyl (C=O) groups is 1. The molecular weight excluding hydrogens is 396 g/mol. The highest BCUT2D eigenvalue weighted by molar-refractivity contribution is 5.94. The first-order chi connectivity index (χ1) is 14.4. The Morgan fingerprint density at radius 3 is 2.57 bits per heavy atom. The molecule has 0 unspecified atom stereocenters. The zero-order valence-electron chi connectivity index (χ0n) is 17.2. The van der Waals surface area contributed by atoms with Gasteiger partial charge in [0.25, 0.3) is 5.91 Å². The Labute approximate surface area is 174 Å². The number of nitrogens with one attached hydrogen (secondary N) is 1. The minimum Gasteiger partial charge on any atom is -0.494 e. The van der Waals surface area contributed by atoms with Gasteiger partial charge in [0.2, 0.25) is 0 Å². The number of amides is 1. The first kappa shape index (κ1) is 21.7. The van der Waals surface area contributed by atoms with E-state index in [0.717, 1.165) is 23.3 Å². The van der Waals surface area contributed by atoms with Crippen molar-refractivity contribution in [1.29, 1.82) is 0 Å². The number of alkyl halides is 2. The van der Waals surface area contributed by atoms with E-state index in [1.165, 1.54) is 18.2 Å². The third-order valence-corrected chi connectivity index (χ3v) is 4.54. The van der Waals surface area contributed by atoms with Crippen LogP contribution < -0.4 is 24.3 Å². The number of benzene rings is 2. The Morgan fingerprint density at radius 2 is 1.87 bits per heavy atom. The molecule has 1 atom stereocenters. The van der Waals surface area contributed by atoms with E-state index >= 15 is 0 Å². The summed E-state index contributed by atoms with van der Waals surface area (Å²) in [6.07, 6.45) is 0.917. The molecule has 6 nitrogen and oxygen atoms in total. The molecule has 3 rings (SSSR count). The Hall–Kier alpha value is -3.03. The molecule has 0 spiro atoms. The molecule has 30 heavy (non-hydrogen) atoms. The Balaban J connectivity index is 1.75. The molecule has 0 aromatic heterocycles. The maximum Gasteiger partial charge on any atom is 0.387 e. The monoisotopic (exact) mass is 421 g/mol. The summed E-state index contributed by atoms with van der Waals surface area (Å²) in [6.45, 7) is 3.59. The molecule has 0 saturated carbocycles. The summed E-state index contributed by atoms with van der Waals surface area (Å²) in [5.41, 5.74) is 2.14. The van der Waals surface area contributed by atoms with E-state index in [1.54, 1.807) is 6.92 Å². The molecule has 0 aliphatic carbocycles. The molecule has 0 radical (unpaired) electrons. The molecule has 1 heterocycles. The Kier molecular flexibility index (Phi) is 6.97. The predicted octanol–water partition coefficient (Wildman–Crippen LogP) is 4.34. The highest BCUT2D eigenvalue weighted by atomic mass is 19.3. The number of hydrogen-bond donors (Lipinski definition) is 1. The third kappa shape index (κ3) is 5.11. The van der Waals surface area contributed by atoms with Gasteiger partial charge in [-0.2, -0.15) is 8.78 Å². The number of carbonyl (C=O) groups excluding carboxylic acids is 1.